The van der Waals surface area contributed by atoms with Gasteiger partial charge in [0.15, 0.2) is 0 Å². The van der Waals surface area contributed by atoms with Crippen LogP contribution in [-0.2, 0) is 19.1 Å². The van der Waals surface area contributed by atoms with Gasteiger partial charge in [-0.2, -0.15) is 0 Å². The van der Waals surface area contributed by atoms with Crippen molar-refractivity contribution in [3.63, 3.8) is 0 Å². The van der Waals surface area contributed by atoms with Gasteiger partial charge in [0.25, 0.3) is 0 Å². The van der Waals surface area contributed by atoms with E-state index in [1.54, 1.807) is 11.1 Å². The van der Waals surface area contributed by atoms with Crippen LogP contribution in [0.3, 0.4) is 0 Å². The SMILES string of the molecule is CC(C)C1=CC2=CCC3C(C)(OC(=O)CC(O)COC(=O)C4(C)CCCC5(C)C6CCC(C(C)C)=CC6=CCC45)CCCC3(C)C2CC1. The third-order valence-electron chi connectivity index (χ3n) is 14.7. The predicted molar refractivity (Wildman–Crippen MR) is 192 cm³/mol. The average molecular weight is 661 g/mol. The molecule has 0 aliphatic heterocycles. The highest BCUT2D eigenvalue weighted by Gasteiger charge is 2.58. The highest BCUT2D eigenvalue weighted by atomic mass is 16.6. The number of aliphatic hydroxyl groups excluding tert-OH is 1. The molecule has 9 atom stereocenters. The largest absolute Gasteiger partial charge is 0.462 e. The van der Waals surface area contributed by atoms with Crippen LogP contribution in [0, 0.1) is 51.8 Å². The smallest absolute Gasteiger partial charge is 0.312 e. The van der Waals surface area contributed by atoms with Gasteiger partial charge in [0, 0.05) is 5.92 Å². The Bertz CT molecular complexity index is 1400. The van der Waals surface area contributed by atoms with Gasteiger partial charge in [-0.05, 0) is 136 Å². The molecule has 0 aromatic rings. The molecule has 0 radical (unpaired) electrons. The normalized spacial score (nSPS) is 39.8. The van der Waals surface area contributed by atoms with Crippen molar-refractivity contribution in [1.82, 2.24) is 0 Å². The monoisotopic (exact) mass is 660 g/mol. The lowest BCUT2D eigenvalue weighted by molar-refractivity contribution is -0.187. The predicted octanol–water partition coefficient (Wildman–Crippen LogP) is 9.85. The van der Waals surface area contributed by atoms with E-state index in [1.165, 1.54) is 17.6 Å². The van der Waals surface area contributed by atoms with Gasteiger partial charge in [-0.1, -0.05) is 83.4 Å². The summed E-state index contributed by atoms with van der Waals surface area (Å²) in [5.41, 5.74) is 5.04. The number of carbonyl (C=O) groups is 2. The molecule has 6 aliphatic rings. The molecule has 5 heteroatoms. The lowest BCUT2D eigenvalue weighted by atomic mass is 9.47. The molecule has 1 N–H and O–H groups in total. The van der Waals surface area contributed by atoms with E-state index in [9.17, 15) is 14.7 Å². The molecular formula is C43H64O5. The molecule has 0 heterocycles. The molecule has 6 rings (SSSR count). The van der Waals surface area contributed by atoms with E-state index in [2.05, 4.69) is 79.7 Å². The maximum absolute atomic E-state index is 13.9. The van der Waals surface area contributed by atoms with Crippen molar-refractivity contribution >= 4 is 11.9 Å². The van der Waals surface area contributed by atoms with Gasteiger partial charge < -0.3 is 14.6 Å². The molecule has 2 fully saturated rings. The molecule has 0 bridgehead atoms. The quantitative estimate of drug-likeness (QED) is 0.263. The number of hydrogen-bond donors (Lipinski definition) is 1. The maximum atomic E-state index is 13.9. The van der Waals surface area contributed by atoms with Gasteiger partial charge in [-0.25, -0.2) is 0 Å². The van der Waals surface area contributed by atoms with Gasteiger partial charge in [0.05, 0.1) is 17.9 Å². The summed E-state index contributed by atoms with van der Waals surface area (Å²) in [6.07, 6.45) is 20.9. The second kappa shape index (κ2) is 13.2. The minimum atomic E-state index is -1.08. The van der Waals surface area contributed by atoms with Gasteiger partial charge >= 0.3 is 11.9 Å². The Labute approximate surface area is 291 Å². The van der Waals surface area contributed by atoms with Crippen LogP contribution in [0.1, 0.15) is 139 Å². The Morgan fingerprint density at radius 1 is 0.792 bits per heavy atom. The Balaban J connectivity index is 1.07. The van der Waals surface area contributed by atoms with Crippen molar-refractivity contribution in [2.75, 3.05) is 6.61 Å². The Kier molecular flexibility index (Phi) is 9.81. The summed E-state index contributed by atoms with van der Waals surface area (Å²) >= 11 is 0. The molecule has 0 amide bonds. The molecule has 0 aromatic heterocycles. The zero-order valence-corrected chi connectivity index (χ0v) is 31.3. The zero-order valence-electron chi connectivity index (χ0n) is 31.3. The Hall–Kier alpha value is -2.14. The van der Waals surface area contributed by atoms with Crippen molar-refractivity contribution in [2.24, 2.45) is 51.8 Å². The molecular weight excluding hydrogens is 596 g/mol. The second-order valence-electron chi connectivity index (χ2n) is 18.3. The Morgan fingerprint density at radius 3 is 1.88 bits per heavy atom. The highest BCUT2D eigenvalue weighted by molar-refractivity contribution is 5.77. The van der Waals surface area contributed by atoms with Crippen LogP contribution in [0.5, 0.6) is 0 Å². The third-order valence-corrected chi connectivity index (χ3v) is 14.7. The number of hydrogen-bond acceptors (Lipinski definition) is 5. The number of ether oxygens (including phenoxy) is 2. The lowest BCUT2D eigenvalue weighted by Gasteiger charge is -2.57. The molecule has 0 aromatic carbocycles. The fraction of sp³-hybridized carbons (Fsp3) is 0.767. The molecule has 48 heavy (non-hydrogen) atoms. The number of allylic oxidation sites excluding steroid dienone is 8. The van der Waals surface area contributed by atoms with E-state index < -0.39 is 23.1 Å². The van der Waals surface area contributed by atoms with Gasteiger partial charge in [0.1, 0.15) is 12.2 Å². The van der Waals surface area contributed by atoms with E-state index in [0.29, 0.717) is 23.7 Å². The van der Waals surface area contributed by atoms with Crippen LogP contribution in [0.15, 0.2) is 46.6 Å². The third kappa shape index (κ3) is 6.21. The zero-order chi connectivity index (χ0) is 34.6. The highest BCUT2D eigenvalue weighted by Crippen LogP contribution is 2.63. The van der Waals surface area contributed by atoms with Crippen LogP contribution < -0.4 is 0 Å². The summed E-state index contributed by atoms with van der Waals surface area (Å²) in [5, 5.41) is 11.0. The standard InChI is InChI=1S/C43H64O5/c1-27(2)29-11-15-34-31(23-29)13-17-36-40(34,5)19-9-21-42(36,7)39(46)47-26-33(44)25-38(45)48-43(8)22-10-20-41(6)35-16-12-30(28(3)4)24-32(35)14-18-37(41)43/h13-14,23-24,27-28,33-37,44H,9-12,15-22,25-26H2,1-8H3. The molecule has 0 saturated heterocycles. The van der Waals surface area contributed by atoms with Crippen LogP contribution in [0.4, 0.5) is 0 Å². The molecule has 6 aliphatic carbocycles. The number of fused-ring (bicyclic) bond motifs is 6. The van der Waals surface area contributed by atoms with E-state index >= 15 is 0 Å². The summed E-state index contributed by atoms with van der Waals surface area (Å²) in [6, 6.07) is 0. The number of rotatable bonds is 8. The number of carbonyl (C=O) groups excluding carboxylic acids is 2. The van der Waals surface area contributed by atoms with E-state index in [1.807, 2.05) is 0 Å². The topological polar surface area (TPSA) is 72.8 Å². The van der Waals surface area contributed by atoms with Crippen LogP contribution in [0.2, 0.25) is 0 Å². The fourth-order valence-corrected chi connectivity index (χ4v) is 11.9. The Morgan fingerprint density at radius 2 is 1.31 bits per heavy atom. The first kappa shape index (κ1) is 35.7. The molecule has 0 spiro atoms. The first-order valence-electron chi connectivity index (χ1n) is 19.5. The number of aliphatic hydroxyl groups is 1. The van der Waals surface area contributed by atoms with Crippen molar-refractivity contribution in [1.29, 1.82) is 0 Å². The fourth-order valence-electron chi connectivity index (χ4n) is 11.9. The summed E-state index contributed by atoms with van der Waals surface area (Å²) in [7, 11) is 0. The minimum absolute atomic E-state index is 0.0567. The summed E-state index contributed by atoms with van der Waals surface area (Å²) in [4.78, 5) is 27.2. The van der Waals surface area contributed by atoms with E-state index in [4.69, 9.17) is 9.47 Å². The minimum Gasteiger partial charge on any atom is -0.462 e. The lowest BCUT2D eigenvalue weighted by Crippen LogP contribution is -2.55. The molecule has 2 saturated carbocycles. The van der Waals surface area contributed by atoms with Crippen molar-refractivity contribution in [2.45, 2.75) is 151 Å². The second-order valence-corrected chi connectivity index (χ2v) is 18.3. The first-order valence-corrected chi connectivity index (χ1v) is 19.5. The van der Waals surface area contributed by atoms with Crippen LogP contribution >= 0.6 is 0 Å². The first-order chi connectivity index (χ1) is 22.6. The summed E-state index contributed by atoms with van der Waals surface area (Å²) in [5.74, 6) is 1.98. The van der Waals surface area contributed by atoms with Gasteiger partial charge in [-0.15, -0.1) is 0 Å². The van der Waals surface area contributed by atoms with Gasteiger partial charge in [-0.3, -0.25) is 9.59 Å². The van der Waals surface area contributed by atoms with Crippen LogP contribution in [0.25, 0.3) is 0 Å². The van der Waals surface area contributed by atoms with Gasteiger partial charge in [0.2, 0.25) is 0 Å². The summed E-state index contributed by atoms with van der Waals surface area (Å²) in [6.45, 7) is 18.0. The van der Waals surface area contributed by atoms with E-state index in [0.717, 1.165) is 70.6 Å². The number of esters is 2. The van der Waals surface area contributed by atoms with E-state index in [-0.39, 0.29) is 41.7 Å². The van der Waals surface area contributed by atoms with Crippen molar-refractivity contribution in [3.8, 4) is 0 Å². The maximum Gasteiger partial charge on any atom is 0.312 e. The molecule has 266 valence electrons. The average Bonchev–Trinajstić information content (AvgIpc) is 3.02. The van der Waals surface area contributed by atoms with Crippen LogP contribution in [-0.4, -0.2) is 35.4 Å². The molecule has 5 nitrogen and oxygen atoms in total. The molecule has 9 unspecified atom stereocenters. The summed E-state index contributed by atoms with van der Waals surface area (Å²) < 4.78 is 12.2. The van der Waals surface area contributed by atoms with Crippen molar-refractivity contribution < 1.29 is 24.2 Å². The van der Waals surface area contributed by atoms with Crippen molar-refractivity contribution in [3.05, 3.63) is 46.6 Å².